The number of ether oxygens (including phenoxy) is 2. The van der Waals surface area contributed by atoms with E-state index in [0.29, 0.717) is 23.6 Å². The maximum absolute atomic E-state index is 12.9. The molecule has 0 heterocycles. The van der Waals surface area contributed by atoms with E-state index in [1.807, 2.05) is 0 Å². The number of benzene rings is 2. The van der Waals surface area contributed by atoms with Crippen molar-refractivity contribution in [2.24, 2.45) is 0 Å². The zero-order valence-electron chi connectivity index (χ0n) is 16.6. The molecular formula is C23H25ClO5. The van der Waals surface area contributed by atoms with E-state index in [0.717, 1.165) is 24.8 Å². The summed E-state index contributed by atoms with van der Waals surface area (Å²) >= 11 is 5.89. The molecule has 1 aliphatic rings. The van der Waals surface area contributed by atoms with Gasteiger partial charge in [-0.05, 0) is 36.6 Å². The third-order valence-corrected chi connectivity index (χ3v) is 5.61. The van der Waals surface area contributed by atoms with Crippen LogP contribution in [0.5, 0.6) is 17.2 Å². The van der Waals surface area contributed by atoms with Gasteiger partial charge in [-0.2, -0.15) is 0 Å². The van der Waals surface area contributed by atoms with E-state index in [2.05, 4.69) is 0 Å². The number of phenolic OH excluding ortho intramolecular Hbond substituents is 1. The molecule has 1 saturated carbocycles. The fraction of sp³-hybridized carbons (Fsp3) is 0.348. The summed E-state index contributed by atoms with van der Waals surface area (Å²) < 4.78 is 10.8. The summed E-state index contributed by atoms with van der Waals surface area (Å²) in [6.07, 6.45) is 6.70. The van der Waals surface area contributed by atoms with Gasteiger partial charge < -0.3 is 19.7 Å². The number of hydrogen-bond acceptors (Lipinski definition) is 5. The number of allylic oxidation sites excluding steroid dienone is 1. The topological polar surface area (TPSA) is 76.0 Å². The molecule has 0 aliphatic heterocycles. The maximum atomic E-state index is 12.9. The summed E-state index contributed by atoms with van der Waals surface area (Å²) in [4.78, 5) is 12.9. The highest BCUT2D eigenvalue weighted by atomic mass is 35.5. The molecule has 3 rings (SSSR count). The molecule has 5 nitrogen and oxygen atoms in total. The van der Waals surface area contributed by atoms with Crippen LogP contribution in [0.25, 0.3) is 6.08 Å². The molecule has 0 bridgehead atoms. The first-order valence-corrected chi connectivity index (χ1v) is 9.96. The van der Waals surface area contributed by atoms with Gasteiger partial charge in [0.25, 0.3) is 0 Å². The Morgan fingerprint density at radius 2 is 1.69 bits per heavy atom. The standard InChI is InChI=1S/C23H25ClO5/c1-28-18-14-19(29-2)21(23(27)12-4-3-5-13-23)22(26)20(18)17(25)11-8-15-6-9-16(24)10-7-15/h6-11,14,26-27H,3-5,12-13H2,1-2H3. The molecule has 1 fully saturated rings. The van der Waals surface area contributed by atoms with Gasteiger partial charge in [0.15, 0.2) is 5.78 Å². The zero-order chi connectivity index (χ0) is 21.0. The van der Waals surface area contributed by atoms with Gasteiger partial charge in [-0.25, -0.2) is 0 Å². The number of halogens is 1. The molecule has 1 aliphatic carbocycles. The van der Waals surface area contributed by atoms with E-state index in [1.165, 1.54) is 20.3 Å². The summed E-state index contributed by atoms with van der Waals surface area (Å²) in [6, 6.07) is 8.58. The molecule has 2 aromatic rings. The van der Waals surface area contributed by atoms with Crippen LogP contribution in [0.15, 0.2) is 36.4 Å². The summed E-state index contributed by atoms with van der Waals surface area (Å²) in [5, 5.41) is 22.9. The Hall–Kier alpha value is -2.50. The van der Waals surface area contributed by atoms with Crippen molar-refractivity contribution >= 4 is 23.5 Å². The van der Waals surface area contributed by atoms with Crippen LogP contribution in [0.1, 0.15) is 53.6 Å². The summed E-state index contributed by atoms with van der Waals surface area (Å²) in [7, 11) is 2.88. The van der Waals surface area contributed by atoms with Crippen LogP contribution in [0.4, 0.5) is 0 Å². The Morgan fingerprint density at radius 3 is 2.28 bits per heavy atom. The molecular weight excluding hydrogens is 392 g/mol. The third kappa shape index (κ3) is 4.41. The van der Waals surface area contributed by atoms with Crippen molar-refractivity contribution in [3.05, 3.63) is 58.1 Å². The average molecular weight is 417 g/mol. The fourth-order valence-corrected chi connectivity index (χ4v) is 3.97. The number of aromatic hydroxyl groups is 1. The third-order valence-electron chi connectivity index (χ3n) is 5.36. The SMILES string of the molecule is COc1cc(OC)c(C2(O)CCCCC2)c(O)c1C(=O)C=Cc1ccc(Cl)cc1. The lowest BCUT2D eigenvalue weighted by Crippen LogP contribution is -2.29. The van der Waals surface area contributed by atoms with E-state index in [1.54, 1.807) is 36.4 Å². The lowest BCUT2D eigenvalue weighted by atomic mass is 9.78. The van der Waals surface area contributed by atoms with Gasteiger partial charge in [-0.15, -0.1) is 0 Å². The molecule has 0 atom stereocenters. The molecule has 154 valence electrons. The number of carbonyl (C=O) groups excluding carboxylic acids is 1. The quantitative estimate of drug-likeness (QED) is 0.505. The summed E-state index contributed by atoms with van der Waals surface area (Å²) in [5.74, 6) is -0.232. The molecule has 6 heteroatoms. The van der Waals surface area contributed by atoms with Gasteiger partial charge in [0.05, 0.1) is 25.4 Å². The van der Waals surface area contributed by atoms with Crippen LogP contribution >= 0.6 is 11.6 Å². The second kappa shape index (κ2) is 8.89. The normalized spacial score (nSPS) is 16.0. The molecule has 0 aromatic heterocycles. The second-order valence-electron chi connectivity index (χ2n) is 7.22. The monoisotopic (exact) mass is 416 g/mol. The van der Waals surface area contributed by atoms with Gasteiger partial charge in [0.2, 0.25) is 0 Å². The van der Waals surface area contributed by atoms with Crippen molar-refractivity contribution in [3.63, 3.8) is 0 Å². The number of aliphatic hydroxyl groups is 1. The van der Waals surface area contributed by atoms with E-state index >= 15 is 0 Å². The average Bonchev–Trinajstić information content (AvgIpc) is 2.72. The first kappa shape index (κ1) is 21.2. The van der Waals surface area contributed by atoms with Crippen LogP contribution in [0, 0.1) is 0 Å². The van der Waals surface area contributed by atoms with Crippen molar-refractivity contribution in [1.82, 2.24) is 0 Å². The number of ketones is 1. The van der Waals surface area contributed by atoms with Crippen LogP contribution in [0.3, 0.4) is 0 Å². The van der Waals surface area contributed by atoms with Crippen LogP contribution < -0.4 is 9.47 Å². The predicted octanol–water partition coefficient (Wildman–Crippen LogP) is 5.11. The fourth-order valence-electron chi connectivity index (χ4n) is 3.85. The molecule has 0 radical (unpaired) electrons. The maximum Gasteiger partial charge on any atom is 0.193 e. The van der Waals surface area contributed by atoms with E-state index in [-0.39, 0.29) is 22.6 Å². The highest BCUT2D eigenvalue weighted by molar-refractivity contribution is 6.30. The molecule has 2 aromatic carbocycles. The van der Waals surface area contributed by atoms with Gasteiger partial charge >= 0.3 is 0 Å². The first-order valence-electron chi connectivity index (χ1n) is 9.58. The van der Waals surface area contributed by atoms with E-state index in [9.17, 15) is 15.0 Å². The van der Waals surface area contributed by atoms with E-state index in [4.69, 9.17) is 21.1 Å². The van der Waals surface area contributed by atoms with Crippen molar-refractivity contribution in [3.8, 4) is 17.2 Å². The Bertz CT molecular complexity index is 912. The second-order valence-corrected chi connectivity index (χ2v) is 7.66. The minimum absolute atomic E-state index is 0.00696. The molecule has 29 heavy (non-hydrogen) atoms. The first-order chi connectivity index (χ1) is 13.9. The smallest absolute Gasteiger partial charge is 0.193 e. The highest BCUT2D eigenvalue weighted by Crippen LogP contribution is 2.49. The minimum Gasteiger partial charge on any atom is -0.506 e. The van der Waals surface area contributed by atoms with Crippen molar-refractivity contribution in [1.29, 1.82) is 0 Å². The van der Waals surface area contributed by atoms with Crippen LogP contribution in [-0.4, -0.2) is 30.2 Å². The van der Waals surface area contributed by atoms with E-state index < -0.39 is 11.4 Å². The minimum atomic E-state index is -1.24. The van der Waals surface area contributed by atoms with Crippen molar-refractivity contribution in [2.45, 2.75) is 37.7 Å². The van der Waals surface area contributed by atoms with Crippen molar-refractivity contribution in [2.75, 3.05) is 14.2 Å². The Labute approximate surface area is 175 Å². The molecule has 2 N–H and O–H groups in total. The van der Waals surface area contributed by atoms with Crippen LogP contribution in [0.2, 0.25) is 5.02 Å². The Kier molecular flexibility index (Phi) is 6.50. The number of carbonyl (C=O) groups is 1. The number of methoxy groups -OCH3 is 2. The lowest BCUT2D eigenvalue weighted by molar-refractivity contribution is -0.00462. The number of phenols is 1. The lowest BCUT2D eigenvalue weighted by Gasteiger charge is -2.34. The van der Waals surface area contributed by atoms with Crippen LogP contribution in [-0.2, 0) is 5.60 Å². The predicted molar refractivity (Wildman–Crippen MR) is 113 cm³/mol. The number of rotatable bonds is 6. The largest absolute Gasteiger partial charge is 0.506 e. The molecule has 0 spiro atoms. The molecule has 0 saturated heterocycles. The zero-order valence-corrected chi connectivity index (χ0v) is 17.3. The van der Waals surface area contributed by atoms with Gasteiger partial charge in [-0.3, -0.25) is 4.79 Å². The Balaban J connectivity index is 2.06. The van der Waals surface area contributed by atoms with Gasteiger partial charge in [0, 0.05) is 11.1 Å². The summed E-state index contributed by atoms with van der Waals surface area (Å²) in [6.45, 7) is 0. The highest BCUT2D eigenvalue weighted by Gasteiger charge is 2.39. The number of hydrogen-bond donors (Lipinski definition) is 2. The van der Waals surface area contributed by atoms with Gasteiger partial charge in [-0.1, -0.05) is 49.1 Å². The molecule has 0 unspecified atom stereocenters. The van der Waals surface area contributed by atoms with Crippen molar-refractivity contribution < 1.29 is 24.5 Å². The molecule has 0 amide bonds. The summed E-state index contributed by atoms with van der Waals surface area (Å²) in [5.41, 5.74) is -0.188. The van der Waals surface area contributed by atoms with Gasteiger partial charge in [0.1, 0.15) is 22.8 Å². The Morgan fingerprint density at radius 1 is 1.07 bits per heavy atom.